The Kier molecular flexibility index (Phi) is 5.28. The summed E-state index contributed by atoms with van der Waals surface area (Å²) < 4.78 is 31.8. The highest BCUT2D eigenvalue weighted by Crippen LogP contribution is 2.48. The lowest BCUT2D eigenvalue weighted by Crippen LogP contribution is -2.42. The number of ether oxygens (including phenoxy) is 1. The zero-order valence-electron chi connectivity index (χ0n) is 15.4. The number of anilines is 1. The monoisotopic (exact) mass is 381 g/mol. The van der Waals surface area contributed by atoms with Gasteiger partial charge in [0, 0.05) is 25.8 Å². The van der Waals surface area contributed by atoms with Crippen molar-refractivity contribution in [2.75, 3.05) is 26.0 Å². The van der Waals surface area contributed by atoms with E-state index >= 15 is 0 Å². The Balaban J connectivity index is 1.86. The highest BCUT2D eigenvalue weighted by Gasteiger charge is 2.49. The van der Waals surface area contributed by atoms with Crippen LogP contribution in [0.1, 0.15) is 26.2 Å². The van der Waals surface area contributed by atoms with E-state index in [1.165, 1.54) is 20.2 Å². The molecule has 0 spiro atoms. The second kappa shape index (κ2) is 7.17. The number of sulfonamides is 1. The molecule has 0 heterocycles. The Hall–Kier alpha value is -1.64. The number of nitrogens with zero attached hydrogens (tertiary/aromatic N) is 1. The zero-order chi connectivity index (χ0) is 19.1. The van der Waals surface area contributed by atoms with Gasteiger partial charge in [0.05, 0.1) is 12.5 Å². The zero-order valence-corrected chi connectivity index (χ0v) is 16.3. The smallest absolute Gasteiger partial charge is 0.246 e. The van der Waals surface area contributed by atoms with Crippen LogP contribution in [0.15, 0.2) is 23.1 Å². The number of benzene rings is 1. The maximum absolute atomic E-state index is 12.7. The van der Waals surface area contributed by atoms with Gasteiger partial charge in [0.25, 0.3) is 0 Å². The maximum atomic E-state index is 12.7. The Morgan fingerprint density at radius 2 is 2.00 bits per heavy atom. The summed E-state index contributed by atoms with van der Waals surface area (Å²) in [5.74, 6) is 0.718. The Morgan fingerprint density at radius 1 is 1.31 bits per heavy atom. The van der Waals surface area contributed by atoms with Crippen molar-refractivity contribution in [1.29, 1.82) is 0 Å². The molecule has 0 saturated heterocycles. The van der Waals surface area contributed by atoms with Gasteiger partial charge in [0.2, 0.25) is 15.9 Å². The molecule has 2 saturated carbocycles. The highest BCUT2D eigenvalue weighted by molar-refractivity contribution is 7.89. The summed E-state index contributed by atoms with van der Waals surface area (Å²) in [6.45, 7) is 2.14. The van der Waals surface area contributed by atoms with E-state index in [1.54, 1.807) is 19.1 Å². The summed E-state index contributed by atoms with van der Waals surface area (Å²) in [4.78, 5) is 12.8. The van der Waals surface area contributed by atoms with Gasteiger partial charge in [0.15, 0.2) is 0 Å². The second-order valence-corrected chi connectivity index (χ2v) is 9.43. The summed E-state index contributed by atoms with van der Waals surface area (Å²) in [7, 11) is -0.768. The van der Waals surface area contributed by atoms with Gasteiger partial charge in [-0.25, -0.2) is 12.7 Å². The van der Waals surface area contributed by atoms with Crippen LogP contribution in [0.2, 0.25) is 0 Å². The summed E-state index contributed by atoms with van der Waals surface area (Å²) in [5.41, 5.74) is 6.68. The van der Waals surface area contributed by atoms with Crippen LogP contribution in [0.5, 0.6) is 5.75 Å². The molecule has 2 aliphatic rings. The van der Waals surface area contributed by atoms with Crippen molar-refractivity contribution >= 4 is 21.6 Å². The first-order valence-electron chi connectivity index (χ1n) is 9.01. The van der Waals surface area contributed by atoms with E-state index in [9.17, 15) is 13.2 Å². The number of carbonyl (C=O) groups is 1. The molecule has 1 aromatic carbocycles. The standard InChI is InChI=1S/C18H27N3O4S/c1-4-25-14-8-7-13(10-15(14)26(23,24)21(2)3)20-18(22)16-11-5-6-12(9-11)17(16)19/h7-8,10-12,16-17H,4-6,9,19H2,1-3H3,(H,20,22). The molecule has 2 bridgehead atoms. The van der Waals surface area contributed by atoms with E-state index in [2.05, 4.69) is 5.32 Å². The summed E-state index contributed by atoms with van der Waals surface area (Å²) in [6.07, 6.45) is 3.16. The van der Waals surface area contributed by atoms with E-state index in [0.29, 0.717) is 24.1 Å². The van der Waals surface area contributed by atoms with E-state index in [4.69, 9.17) is 10.5 Å². The molecule has 0 aliphatic heterocycles. The topological polar surface area (TPSA) is 102 Å². The first-order valence-corrected chi connectivity index (χ1v) is 10.5. The Morgan fingerprint density at radius 3 is 2.58 bits per heavy atom. The summed E-state index contributed by atoms with van der Waals surface area (Å²) in [5, 5.41) is 2.86. The molecule has 0 aromatic heterocycles. The molecule has 4 unspecified atom stereocenters. The van der Waals surface area contributed by atoms with E-state index in [-0.39, 0.29) is 28.5 Å². The lowest BCUT2D eigenvalue weighted by atomic mass is 9.84. The van der Waals surface area contributed by atoms with Crippen LogP contribution in [0.25, 0.3) is 0 Å². The quantitative estimate of drug-likeness (QED) is 0.780. The third kappa shape index (κ3) is 3.33. The molecule has 1 aromatic rings. The van der Waals surface area contributed by atoms with Crippen molar-refractivity contribution in [1.82, 2.24) is 4.31 Å². The van der Waals surface area contributed by atoms with Crippen LogP contribution in [0, 0.1) is 17.8 Å². The molecular formula is C18H27N3O4S. The maximum Gasteiger partial charge on any atom is 0.246 e. The third-order valence-electron chi connectivity index (χ3n) is 5.55. The van der Waals surface area contributed by atoms with Gasteiger partial charge in [-0.2, -0.15) is 0 Å². The van der Waals surface area contributed by atoms with Gasteiger partial charge in [-0.1, -0.05) is 0 Å². The number of carbonyl (C=O) groups excluding carboxylic acids is 1. The van der Waals surface area contributed by atoms with Crippen molar-refractivity contribution in [3.8, 4) is 5.75 Å². The number of rotatable bonds is 6. The first-order chi connectivity index (χ1) is 12.3. The molecule has 3 N–H and O–H groups in total. The van der Waals surface area contributed by atoms with E-state index < -0.39 is 10.0 Å². The molecule has 144 valence electrons. The van der Waals surface area contributed by atoms with Gasteiger partial charge < -0.3 is 15.8 Å². The van der Waals surface area contributed by atoms with Gasteiger partial charge in [0.1, 0.15) is 10.6 Å². The lowest BCUT2D eigenvalue weighted by Gasteiger charge is -2.27. The fourth-order valence-electron chi connectivity index (χ4n) is 4.21. The van der Waals surface area contributed by atoms with Gasteiger partial charge in [-0.3, -0.25) is 4.79 Å². The Labute approximate surface area is 154 Å². The van der Waals surface area contributed by atoms with Crippen LogP contribution in [0.3, 0.4) is 0 Å². The minimum absolute atomic E-state index is 0.0411. The summed E-state index contributed by atoms with van der Waals surface area (Å²) >= 11 is 0. The van der Waals surface area contributed by atoms with Gasteiger partial charge >= 0.3 is 0 Å². The predicted molar refractivity (Wildman–Crippen MR) is 99.4 cm³/mol. The van der Waals surface area contributed by atoms with Crippen LogP contribution in [-0.2, 0) is 14.8 Å². The molecule has 2 fully saturated rings. The van der Waals surface area contributed by atoms with E-state index in [1.807, 2.05) is 0 Å². The van der Waals surface area contributed by atoms with Crippen LogP contribution in [-0.4, -0.2) is 45.4 Å². The van der Waals surface area contributed by atoms with Crippen molar-refractivity contribution < 1.29 is 17.9 Å². The van der Waals surface area contributed by atoms with Crippen molar-refractivity contribution in [3.05, 3.63) is 18.2 Å². The largest absolute Gasteiger partial charge is 0.492 e. The molecule has 1 amide bonds. The van der Waals surface area contributed by atoms with Crippen molar-refractivity contribution in [2.24, 2.45) is 23.5 Å². The average Bonchev–Trinajstić information content (AvgIpc) is 3.17. The number of hydrogen-bond acceptors (Lipinski definition) is 5. The Bertz CT molecular complexity index is 792. The minimum Gasteiger partial charge on any atom is -0.492 e. The summed E-state index contributed by atoms with van der Waals surface area (Å²) in [6, 6.07) is 4.59. The lowest BCUT2D eigenvalue weighted by molar-refractivity contribution is -0.121. The molecule has 26 heavy (non-hydrogen) atoms. The van der Waals surface area contributed by atoms with Gasteiger partial charge in [-0.05, 0) is 56.2 Å². The van der Waals surface area contributed by atoms with Crippen molar-refractivity contribution in [2.45, 2.75) is 37.1 Å². The fourth-order valence-corrected chi connectivity index (χ4v) is 5.26. The molecule has 4 atom stereocenters. The van der Waals surface area contributed by atoms with E-state index in [0.717, 1.165) is 23.6 Å². The minimum atomic E-state index is -3.69. The molecule has 7 nitrogen and oxygen atoms in total. The predicted octanol–water partition coefficient (Wildman–Crippen LogP) is 1.65. The van der Waals surface area contributed by atoms with Crippen molar-refractivity contribution in [3.63, 3.8) is 0 Å². The molecule has 0 radical (unpaired) electrons. The number of amides is 1. The highest BCUT2D eigenvalue weighted by atomic mass is 32.2. The number of hydrogen-bond donors (Lipinski definition) is 2. The van der Waals surface area contributed by atoms with Gasteiger partial charge in [-0.15, -0.1) is 0 Å². The average molecular weight is 381 g/mol. The molecule has 8 heteroatoms. The van der Waals surface area contributed by atoms with Crippen LogP contribution < -0.4 is 15.8 Å². The fraction of sp³-hybridized carbons (Fsp3) is 0.611. The van der Waals surface area contributed by atoms with Crippen LogP contribution in [0.4, 0.5) is 5.69 Å². The van der Waals surface area contributed by atoms with Crippen LogP contribution >= 0.6 is 0 Å². The SMILES string of the molecule is CCOc1ccc(NC(=O)C2C3CCC(C3)C2N)cc1S(=O)(=O)N(C)C. The number of nitrogens with one attached hydrogen (secondary N) is 1. The first kappa shape index (κ1) is 19.1. The number of nitrogens with two attached hydrogens (primary N) is 1. The molecule has 3 rings (SSSR count). The number of fused-ring (bicyclic) bond motifs is 2. The normalized spacial score (nSPS) is 27.7. The molecule has 2 aliphatic carbocycles. The molecular weight excluding hydrogens is 354 g/mol. The third-order valence-corrected chi connectivity index (χ3v) is 7.39. The second-order valence-electron chi connectivity index (χ2n) is 7.31.